The minimum atomic E-state index is 0.176. The highest BCUT2D eigenvalue weighted by molar-refractivity contribution is 5.95. The highest BCUT2D eigenvalue weighted by Gasteiger charge is 2.21. The number of amides is 1. The van der Waals surface area contributed by atoms with E-state index in [0.29, 0.717) is 18.2 Å². The molecule has 6 heteroatoms. The second-order valence-electron chi connectivity index (χ2n) is 5.34. The summed E-state index contributed by atoms with van der Waals surface area (Å²) < 4.78 is 5.71. The third-order valence-corrected chi connectivity index (χ3v) is 3.85. The molecule has 1 saturated heterocycles. The molecule has 3 aromatic rings. The predicted octanol–water partition coefficient (Wildman–Crippen LogP) is 2.93. The lowest BCUT2D eigenvalue weighted by Gasteiger charge is -2.15. The minimum absolute atomic E-state index is 0.176. The lowest BCUT2D eigenvalue weighted by atomic mass is 10.2. The average Bonchev–Trinajstić information content (AvgIpc) is 3.25. The summed E-state index contributed by atoms with van der Waals surface area (Å²) in [6.07, 6.45) is 4.91. The topological polar surface area (TPSA) is 72.1 Å². The van der Waals surface area contributed by atoms with Crippen molar-refractivity contribution < 1.29 is 9.21 Å². The Morgan fingerprint density at radius 3 is 2.17 bits per heavy atom. The van der Waals surface area contributed by atoms with Gasteiger partial charge in [-0.1, -0.05) is 0 Å². The zero-order chi connectivity index (χ0) is 15.6. The van der Waals surface area contributed by atoms with Crippen LogP contribution in [0, 0.1) is 0 Å². The van der Waals surface area contributed by atoms with Gasteiger partial charge >= 0.3 is 0 Å². The van der Waals surface area contributed by atoms with Gasteiger partial charge in [0.2, 0.25) is 17.7 Å². The van der Waals surface area contributed by atoms with Crippen LogP contribution in [0.25, 0.3) is 22.9 Å². The Morgan fingerprint density at radius 1 is 0.913 bits per heavy atom. The molecule has 114 valence electrons. The number of hydrogen-bond donors (Lipinski definition) is 0. The Balaban J connectivity index is 1.59. The van der Waals surface area contributed by atoms with Crippen LogP contribution in [0.4, 0.5) is 5.69 Å². The Morgan fingerprint density at radius 2 is 1.57 bits per heavy atom. The van der Waals surface area contributed by atoms with E-state index < -0.39 is 0 Å². The van der Waals surface area contributed by atoms with Crippen molar-refractivity contribution in [2.45, 2.75) is 12.8 Å². The molecule has 1 fully saturated rings. The molecule has 4 rings (SSSR count). The van der Waals surface area contributed by atoms with E-state index in [-0.39, 0.29) is 5.91 Å². The van der Waals surface area contributed by atoms with Crippen LogP contribution in [0.15, 0.2) is 53.2 Å². The van der Waals surface area contributed by atoms with Gasteiger partial charge in [0, 0.05) is 42.2 Å². The normalized spacial score (nSPS) is 14.4. The van der Waals surface area contributed by atoms with E-state index >= 15 is 0 Å². The zero-order valence-electron chi connectivity index (χ0n) is 12.3. The first kappa shape index (κ1) is 13.6. The van der Waals surface area contributed by atoms with Crippen LogP contribution in [-0.2, 0) is 4.79 Å². The van der Waals surface area contributed by atoms with E-state index in [9.17, 15) is 4.79 Å². The van der Waals surface area contributed by atoms with Crippen LogP contribution in [-0.4, -0.2) is 27.6 Å². The van der Waals surface area contributed by atoms with E-state index in [1.165, 1.54) is 0 Å². The molecular formula is C17H14N4O2. The van der Waals surface area contributed by atoms with Crippen molar-refractivity contribution in [1.29, 1.82) is 0 Å². The summed E-state index contributed by atoms with van der Waals surface area (Å²) in [6, 6.07) is 11.2. The first-order valence-electron chi connectivity index (χ1n) is 7.46. The number of hydrogen-bond acceptors (Lipinski definition) is 5. The van der Waals surface area contributed by atoms with E-state index in [4.69, 9.17) is 4.42 Å². The highest BCUT2D eigenvalue weighted by atomic mass is 16.4. The number of aromatic nitrogens is 3. The van der Waals surface area contributed by atoms with Gasteiger partial charge < -0.3 is 9.32 Å². The van der Waals surface area contributed by atoms with Gasteiger partial charge in [-0.05, 0) is 42.8 Å². The molecule has 1 aromatic carbocycles. The maximum atomic E-state index is 11.8. The van der Waals surface area contributed by atoms with Gasteiger partial charge in [-0.15, -0.1) is 10.2 Å². The van der Waals surface area contributed by atoms with Crippen LogP contribution in [0.1, 0.15) is 12.8 Å². The number of rotatable bonds is 3. The van der Waals surface area contributed by atoms with Gasteiger partial charge in [-0.25, -0.2) is 0 Å². The highest BCUT2D eigenvalue weighted by Crippen LogP contribution is 2.27. The molecule has 0 N–H and O–H groups in total. The Hall–Kier alpha value is -3.02. The van der Waals surface area contributed by atoms with Crippen molar-refractivity contribution in [2.24, 2.45) is 0 Å². The van der Waals surface area contributed by atoms with E-state index in [2.05, 4.69) is 15.2 Å². The molecule has 1 aliphatic rings. The second-order valence-corrected chi connectivity index (χ2v) is 5.34. The third kappa shape index (κ3) is 2.59. The third-order valence-electron chi connectivity index (χ3n) is 3.85. The molecule has 0 radical (unpaired) electrons. The molecule has 2 aromatic heterocycles. The smallest absolute Gasteiger partial charge is 0.248 e. The largest absolute Gasteiger partial charge is 0.416 e. The van der Waals surface area contributed by atoms with Crippen LogP contribution in [0.5, 0.6) is 0 Å². The Kier molecular flexibility index (Phi) is 3.34. The molecule has 0 unspecified atom stereocenters. The molecule has 0 spiro atoms. The number of benzene rings is 1. The van der Waals surface area contributed by atoms with Crippen molar-refractivity contribution in [2.75, 3.05) is 11.4 Å². The molecule has 23 heavy (non-hydrogen) atoms. The fourth-order valence-electron chi connectivity index (χ4n) is 2.66. The van der Waals surface area contributed by atoms with Crippen molar-refractivity contribution in [3.8, 4) is 22.9 Å². The van der Waals surface area contributed by atoms with E-state index in [1.807, 2.05) is 36.4 Å². The van der Waals surface area contributed by atoms with Gasteiger partial charge in [0.05, 0.1) is 0 Å². The molecular weight excluding hydrogens is 292 g/mol. The second kappa shape index (κ2) is 5.64. The van der Waals surface area contributed by atoms with Crippen molar-refractivity contribution in [1.82, 2.24) is 15.2 Å². The van der Waals surface area contributed by atoms with Gasteiger partial charge in [0.1, 0.15) is 0 Å². The van der Waals surface area contributed by atoms with Crippen molar-refractivity contribution >= 4 is 11.6 Å². The molecule has 0 saturated carbocycles. The molecule has 1 amide bonds. The summed E-state index contributed by atoms with van der Waals surface area (Å²) in [5.41, 5.74) is 2.57. The van der Waals surface area contributed by atoms with Crippen molar-refractivity contribution in [3.05, 3.63) is 48.8 Å². The molecule has 0 atom stereocenters. The Labute approximate surface area is 132 Å². The maximum absolute atomic E-state index is 11.8. The van der Waals surface area contributed by atoms with Crippen LogP contribution >= 0.6 is 0 Å². The summed E-state index contributed by atoms with van der Waals surface area (Å²) in [7, 11) is 0. The van der Waals surface area contributed by atoms with Gasteiger partial charge in [0.25, 0.3) is 0 Å². The van der Waals surface area contributed by atoms with Gasteiger partial charge in [-0.3, -0.25) is 9.78 Å². The number of carbonyl (C=O) groups excluding carboxylic acids is 1. The summed E-state index contributed by atoms with van der Waals surface area (Å²) in [5.74, 6) is 1.09. The lowest BCUT2D eigenvalue weighted by Crippen LogP contribution is -2.23. The average molecular weight is 306 g/mol. The number of pyridine rings is 1. The summed E-state index contributed by atoms with van der Waals surface area (Å²) in [4.78, 5) is 17.5. The van der Waals surface area contributed by atoms with Gasteiger partial charge in [-0.2, -0.15) is 0 Å². The first-order chi connectivity index (χ1) is 11.3. The molecule has 0 bridgehead atoms. The molecule has 0 aliphatic carbocycles. The number of carbonyl (C=O) groups is 1. The maximum Gasteiger partial charge on any atom is 0.248 e. The number of nitrogens with zero attached hydrogens (tertiary/aromatic N) is 4. The molecule has 1 aliphatic heterocycles. The van der Waals surface area contributed by atoms with E-state index in [1.54, 1.807) is 17.3 Å². The quantitative estimate of drug-likeness (QED) is 0.744. The van der Waals surface area contributed by atoms with Crippen LogP contribution < -0.4 is 4.90 Å². The lowest BCUT2D eigenvalue weighted by molar-refractivity contribution is -0.117. The minimum Gasteiger partial charge on any atom is -0.416 e. The predicted molar refractivity (Wildman–Crippen MR) is 84.6 cm³/mol. The van der Waals surface area contributed by atoms with E-state index in [0.717, 1.165) is 29.8 Å². The summed E-state index contributed by atoms with van der Waals surface area (Å²) in [6.45, 7) is 0.783. The van der Waals surface area contributed by atoms with Crippen LogP contribution in [0.3, 0.4) is 0 Å². The SMILES string of the molecule is O=C1CCCN1c1ccc(-c2nnc(-c3ccncc3)o2)cc1. The van der Waals surface area contributed by atoms with Gasteiger partial charge in [0.15, 0.2) is 0 Å². The zero-order valence-corrected chi connectivity index (χ0v) is 12.3. The fraction of sp³-hybridized carbons (Fsp3) is 0.176. The summed E-state index contributed by atoms with van der Waals surface area (Å²) >= 11 is 0. The summed E-state index contributed by atoms with van der Waals surface area (Å²) in [5, 5.41) is 8.15. The van der Waals surface area contributed by atoms with Crippen LogP contribution in [0.2, 0.25) is 0 Å². The van der Waals surface area contributed by atoms with Crippen molar-refractivity contribution in [3.63, 3.8) is 0 Å². The Bertz CT molecular complexity index is 827. The molecule has 3 heterocycles. The standard InChI is InChI=1S/C17H14N4O2/c22-15-2-1-11-21(15)14-5-3-12(4-6-14)16-19-20-17(23-16)13-7-9-18-10-8-13/h3-10H,1-2,11H2. The molecule has 6 nitrogen and oxygen atoms in total. The monoisotopic (exact) mass is 306 g/mol. The number of anilines is 1. The first-order valence-corrected chi connectivity index (χ1v) is 7.46. The fourth-order valence-corrected chi connectivity index (χ4v) is 2.66.